The van der Waals surface area contributed by atoms with Crippen molar-refractivity contribution in [3.8, 4) is 0 Å². The van der Waals surface area contributed by atoms with Crippen LogP contribution in [0.4, 0.5) is 5.82 Å². The molecule has 0 aromatic carbocycles. The molecule has 1 aliphatic rings. The molecule has 14 heteroatoms. The van der Waals surface area contributed by atoms with Gasteiger partial charge >= 0.3 is 11.9 Å². The van der Waals surface area contributed by atoms with Crippen LogP contribution in [0.1, 0.15) is 60.8 Å². The second-order valence-corrected chi connectivity index (χ2v) is 13.0. The minimum atomic E-state index is -3.68. The minimum Gasteiger partial charge on any atom is -0.464 e. The Morgan fingerprint density at radius 2 is 1.92 bits per heavy atom. The van der Waals surface area contributed by atoms with Crippen LogP contribution in [0.2, 0.25) is 0 Å². The van der Waals surface area contributed by atoms with E-state index >= 15 is 0 Å². The Kier molecular flexibility index (Phi) is 9.85. The monoisotopic (exact) mass is 553 g/mol. The Labute approximate surface area is 223 Å². The number of rotatable bonds is 14. The molecular weight excluding hydrogens is 513 g/mol. The molecule has 2 aromatic rings. The van der Waals surface area contributed by atoms with E-state index in [2.05, 4.69) is 25.1 Å². The van der Waals surface area contributed by atoms with Gasteiger partial charge in [0.25, 0.3) is 0 Å². The summed E-state index contributed by atoms with van der Waals surface area (Å²) in [5, 5.41) is 5.75. The Bertz CT molecular complexity index is 1170. The predicted molar refractivity (Wildman–Crippen MR) is 142 cm³/mol. The van der Waals surface area contributed by atoms with Crippen LogP contribution < -0.4 is 15.9 Å². The van der Waals surface area contributed by atoms with Crippen molar-refractivity contribution >= 4 is 36.4 Å². The molecule has 13 nitrogen and oxygen atoms in total. The molecule has 0 bridgehead atoms. The number of carbonyl (C=O) groups excluding carboxylic acids is 2. The first-order chi connectivity index (χ1) is 17.8. The van der Waals surface area contributed by atoms with Gasteiger partial charge in [0.2, 0.25) is 7.44 Å². The molecule has 0 saturated heterocycles. The van der Waals surface area contributed by atoms with Crippen molar-refractivity contribution in [2.45, 2.75) is 91.1 Å². The summed E-state index contributed by atoms with van der Waals surface area (Å²) in [5.74, 6) is -0.653. The standard InChI is InChI=1S/C24H40N7O6P/c1-15(2)11-35-23(33)24(5,6)30-38(34,29-17(4)22(32)37-18-8-7-9-18)14-36-16(3)10-31-13-28-19-20(25)26-12-27-21(19)31/h12-13,15-18H,7-11,14H2,1-6H3,(H2,25,26,27)(H2,29,30,34)/t16-,17-,38-/m1/s1. The summed E-state index contributed by atoms with van der Waals surface area (Å²) in [4.78, 5) is 37.8. The number of nitrogen functional groups attached to an aromatic ring is 1. The van der Waals surface area contributed by atoms with E-state index in [-0.39, 0.29) is 30.8 Å². The molecule has 3 rings (SSSR count). The van der Waals surface area contributed by atoms with Crippen molar-refractivity contribution in [2.24, 2.45) is 5.92 Å². The number of nitrogens with two attached hydrogens (primary N) is 1. The van der Waals surface area contributed by atoms with Gasteiger partial charge in [-0.2, -0.15) is 0 Å². The number of aromatic nitrogens is 4. The number of imidazole rings is 1. The SMILES string of the molecule is CC(C)COC(=O)C(C)(C)N[P@@](=O)(CO[C@H](C)Cn1cnc2c(N)ncnc21)N[C@H](C)C(=O)OC1CCC1. The van der Waals surface area contributed by atoms with Gasteiger partial charge in [0.05, 0.1) is 25.6 Å². The lowest BCUT2D eigenvalue weighted by atomic mass is 9.96. The van der Waals surface area contributed by atoms with Gasteiger partial charge in [-0.3, -0.25) is 14.2 Å². The van der Waals surface area contributed by atoms with E-state index in [9.17, 15) is 14.2 Å². The molecule has 38 heavy (non-hydrogen) atoms. The van der Waals surface area contributed by atoms with Crippen molar-refractivity contribution in [1.82, 2.24) is 29.7 Å². The zero-order chi connectivity index (χ0) is 28.1. The van der Waals surface area contributed by atoms with E-state index in [1.807, 2.05) is 13.8 Å². The molecule has 0 radical (unpaired) electrons. The molecule has 0 amide bonds. The number of carbonyl (C=O) groups is 2. The lowest BCUT2D eigenvalue weighted by Gasteiger charge is -2.33. The lowest BCUT2D eigenvalue weighted by Crippen LogP contribution is -2.50. The maximum atomic E-state index is 14.1. The van der Waals surface area contributed by atoms with Crippen LogP contribution in [0.25, 0.3) is 11.2 Å². The van der Waals surface area contributed by atoms with Crippen molar-refractivity contribution in [2.75, 3.05) is 18.7 Å². The van der Waals surface area contributed by atoms with E-state index < -0.39 is 37.1 Å². The maximum absolute atomic E-state index is 14.1. The van der Waals surface area contributed by atoms with Crippen LogP contribution in [0.3, 0.4) is 0 Å². The van der Waals surface area contributed by atoms with Crippen LogP contribution in [-0.4, -0.2) is 68.2 Å². The smallest absolute Gasteiger partial charge is 0.326 e. The van der Waals surface area contributed by atoms with E-state index in [0.717, 1.165) is 19.3 Å². The predicted octanol–water partition coefficient (Wildman–Crippen LogP) is 2.61. The molecule has 4 N–H and O–H groups in total. The van der Waals surface area contributed by atoms with Gasteiger partial charge in [0.1, 0.15) is 35.9 Å². The molecule has 0 unspecified atom stereocenters. The first kappa shape index (κ1) is 29.9. The van der Waals surface area contributed by atoms with Crippen LogP contribution in [0.5, 0.6) is 0 Å². The largest absolute Gasteiger partial charge is 0.464 e. The highest BCUT2D eigenvalue weighted by Crippen LogP contribution is 2.40. The third-order valence-corrected chi connectivity index (χ3v) is 8.27. The summed E-state index contributed by atoms with van der Waals surface area (Å²) >= 11 is 0. The van der Waals surface area contributed by atoms with Crippen LogP contribution >= 0.6 is 7.44 Å². The summed E-state index contributed by atoms with van der Waals surface area (Å²) in [6.07, 6.45) is 4.75. The summed E-state index contributed by atoms with van der Waals surface area (Å²) in [6, 6.07) is -0.896. The number of ether oxygens (including phenoxy) is 3. The zero-order valence-corrected chi connectivity index (χ0v) is 23.9. The van der Waals surface area contributed by atoms with E-state index in [0.29, 0.717) is 17.7 Å². The third-order valence-electron chi connectivity index (χ3n) is 6.03. The number of hydrogen-bond donors (Lipinski definition) is 3. The number of nitrogens with zero attached hydrogens (tertiary/aromatic N) is 4. The first-order valence-electron chi connectivity index (χ1n) is 12.9. The van der Waals surface area contributed by atoms with Gasteiger partial charge < -0.3 is 24.5 Å². The highest BCUT2D eigenvalue weighted by Gasteiger charge is 2.40. The highest BCUT2D eigenvalue weighted by molar-refractivity contribution is 7.59. The summed E-state index contributed by atoms with van der Waals surface area (Å²) in [5.41, 5.74) is 5.57. The number of esters is 2. The second kappa shape index (κ2) is 12.5. The van der Waals surface area contributed by atoms with Crippen molar-refractivity contribution in [3.05, 3.63) is 12.7 Å². The Hall–Kier alpha value is -2.60. The lowest BCUT2D eigenvalue weighted by molar-refractivity contribution is -0.154. The van der Waals surface area contributed by atoms with E-state index in [1.54, 1.807) is 38.6 Å². The van der Waals surface area contributed by atoms with Crippen LogP contribution in [0.15, 0.2) is 12.7 Å². The van der Waals surface area contributed by atoms with Crippen molar-refractivity contribution < 1.29 is 28.4 Å². The molecule has 1 aliphatic carbocycles. The average Bonchev–Trinajstić information content (AvgIpc) is 3.21. The molecule has 1 fully saturated rings. The highest BCUT2D eigenvalue weighted by atomic mass is 31.2. The number of nitrogens with one attached hydrogen (secondary N) is 2. The molecule has 2 heterocycles. The quantitative estimate of drug-likeness (QED) is 0.231. The molecule has 2 aromatic heterocycles. The number of fused-ring (bicyclic) bond motifs is 1. The minimum absolute atomic E-state index is 0.110. The van der Waals surface area contributed by atoms with E-state index in [1.165, 1.54) is 6.33 Å². The topological polar surface area (TPSA) is 173 Å². The van der Waals surface area contributed by atoms with E-state index in [4.69, 9.17) is 19.9 Å². The molecule has 0 aliphatic heterocycles. The molecular formula is C24H40N7O6P. The zero-order valence-electron chi connectivity index (χ0n) is 23.0. The summed E-state index contributed by atoms with van der Waals surface area (Å²) in [7, 11) is -3.68. The fourth-order valence-corrected chi connectivity index (χ4v) is 6.13. The van der Waals surface area contributed by atoms with Gasteiger partial charge in [0.15, 0.2) is 11.5 Å². The molecule has 1 saturated carbocycles. The van der Waals surface area contributed by atoms with Crippen molar-refractivity contribution in [3.63, 3.8) is 0 Å². The second-order valence-electron chi connectivity index (χ2n) is 10.7. The Morgan fingerprint density at radius 1 is 1.21 bits per heavy atom. The normalized spacial score (nSPS) is 17.6. The van der Waals surface area contributed by atoms with Gasteiger partial charge in [-0.25, -0.2) is 25.1 Å². The number of hydrogen-bond acceptors (Lipinski definition) is 10. The van der Waals surface area contributed by atoms with Gasteiger partial charge in [-0.15, -0.1) is 0 Å². The van der Waals surface area contributed by atoms with Gasteiger partial charge in [-0.1, -0.05) is 13.8 Å². The first-order valence-corrected chi connectivity index (χ1v) is 14.8. The fraction of sp³-hybridized carbons (Fsp3) is 0.708. The van der Waals surface area contributed by atoms with Crippen LogP contribution in [0, 0.1) is 5.92 Å². The third kappa shape index (κ3) is 7.95. The van der Waals surface area contributed by atoms with Gasteiger partial charge in [0, 0.05) is 0 Å². The Balaban J connectivity index is 1.70. The van der Waals surface area contributed by atoms with Crippen molar-refractivity contribution in [1.29, 1.82) is 0 Å². The summed E-state index contributed by atoms with van der Waals surface area (Å²) < 4.78 is 32.7. The van der Waals surface area contributed by atoms with Crippen LogP contribution in [-0.2, 0) is 34.9 Å². The molecule has 3 atom stereocenters. The number of anilines is 1. The summed E-state index contributed by atoms with van der Waals surface area (Å²) in [6.45, 7) is 10.9. The maximum Gasteiger partial charge on any atom is 0.326 e. The molecule has 212 valence electrons. The molecule has 0 spiro atoms. The fourth-order valence-electron chi connectivity index (χ4n) is 3.74. The average molecular weight is 554 g/mol. The Morgan fingerprint density at radius 3 is 2.55 bits per heavy atom. The van der Waals surface area contributed by atoms with Gasteiger partial charge in [-0.05, 0) is 52.9 Å².